The smallest absolute Gasteiger partial charge is 0.265 e. The van der Waals surface area contributed by atoms with Crippen molar-refractivity contribution in [3.8, 4) is 5.75 Å². The molecule has 0 spiro atoms. The van der Waals surface area contributed by atoms with E-state index in [0.29, 0.717) is 27.7 Å². The van der Waals surface area contributed by atoms with Crippen molar-refractivity contribution < 1.29 is 9.53 Å². The topological polar surface area (TPSA) is 72.7 Å². The number of nitrogens with zero attached hydrogens (tertiary/aromatic N) is 2. The highest BCUT2D eigenvalue weighted by molar-refractivity contribution is 7.12. The molecule has 1 N–H and O–H groups in total. The molecule has 140 valence electrons. The van der Waals surface area contributed by atoms with Gasteiger partial charge in [0, 0.05) is 18.0 Å². The van der Waals surface area contributed by atoms with Crippen molar-refractivity contribution in [1.82, 2.24) is 9.38 Å². The molecule has 0 atom stereocenters. The molecule has 3 aromatic heterocycles. The Labute approximate surface area is 165 Å². The van der Waals surface area contributed by atoms with Gasteiger partial charge in [0.05, 0.1) is 10.6 Å². The van der Waals surface area contributed by atoms with Crippen LogP contribution in [-0.4, -0.2) is 15.3 Å². The van der Waals surface area contributed by atoms with E-state index in [1.165, 1.54) is 21.8 Å². The van der Waals surface area contributed by atoms with Crippen molar-refractivity contribution in [3.63, 3.8) is 0 Å². The molecule has 4 rings (SSSR count). The number of ether oxygens (including phenoxy) is 1. The van der Waals surface area contributed by atoms with E-state index in [0.717, 1.165) is 5.56 Å². The number of fused-ring (bicyclic) bond motifs is 1. The highest BCUT2D eigenvalue weighted by atomic mass is 32.1. The molecule has 0 unspecified atom stereocenters. The molecule has 0 aliphatic heterocycles. The van der Waals surface area contributed by atoms with Crippen LogP contribution in [0.5, 0.6) is 5.75 Å². The zero-order valence-corrected chi connectivity index (χ0v) is 15.9. The molecule has 0 saturated heterocycles. The molecule has 1 amide bonds. The maximum absolute atomic E-state index is 12.2. The quantitative estimate of drug-likeness (QED) is 0.560. The number of aryl methyl sites for hydroxylation is 1. The van der Waals surface area contributed by atoms with E-state index in [-0.39, 0.29) is 18.1 Å². The predicted octanol–water partition coefficient (Wildman–Crippen LogP) is 3.90. The Hall–Kier alpha value is -3.45. The Bertz CT molecular complexity index is 1180. The summed E-state index contributed by atoms with van der Waals surface area (Å²) in [5.74, 6) is 0.487. The third-order valence-corrected chi connectivity index (χ3v) is 5.05. The van der Waals surface area contributed by atoms with E-state index in [1.54, 1.807) is 36.5 Å². The van der Waals surface area contributed by atoms with Crippen LogP contribution in [-0.2, 0) is 6.61 Å². The van der Waals surface area contributed by atoms with E-state index in [9.17, 15) is 9.59 Å². The second kappa shape index (κ2) is 7.66. The van der Waals surface area contributed by atoms with Gasteiger partial charge in [-0.05, 0) is 54.3 Å². The molecule has 0 aliphatic carbocycles. The normalized spacial score (nSPS) is 10.8. The Morgan fingerprint density at radius 3 is 2.75 bits per heavy atom. The minimum absolute atomic E-state index is 0.139. The third-order valence-electron chi connectivity index (χ3n) is 4.18. The van der Waals surface area contributed by atoms with E-state index < -0.39 is 0 Å². The van der Waals surface area contributed by atoms with Gasteiger partial charge in [-0.15, -0.1) is 11.3 Å². The van der Waals surface area contributed by atoms with Crippen LogP contribution < -0.4 is 15.6 Å². The number of hydrogen-bond acceptors (Lipinski definition) is 5. The van der Waals surface area contributed by atoms with Crippen LogP contribution in [0.15, 0.2) is 71.0 Å². The maximum atomic E-state index is 12.2. The standard InChI is InChI=1S/C21H17N3O3S/c1-14-4-2-10-24-19(25)12-16(22-20(14)24)13-27-17-8-6-15(7-9-17)23-21(26)18-5-3-11-28-18/h2-12H,13H2,1H3,(H,23,26). The summed E-state index contributed by atoms with van der Waals surface area (Å²) in [5.41, 5.74) is 2.66. The summed E-state index contributed by atoms with van der Waals surface area (Å²) < 4.78 is 7.26. The van der Waals surface area contributed by atoms with Gasteiger partial charge in [-0.1, -0.05) is 12.1 Å². The number of rotatable bonds is 5. The fourth-order valence-electron chi connectivity index (χ4n) is 2.77. The summed E-state index contributed by atoms with van der Waals surface area (Å²) in [4.78, 5) is 29.5. The van der Waals surface area contributed by atoms with Crippen molar-refractivity contribution in [3.05, 3.63) is 92.7 Å². The largest absolute Gasteiger partial charge is 0.487 e. The highest BCUT2D eigenvalue weighted by Gasteiger charge is 2.08. The first-order chi connectivity index (χ1) is 13.6. The fourth-order valence-corrected chi connectivity index (χ4v) is 3.39. The molecule has 0 radical (unpaired) electrons. The molecule has 0 saturated carbocycles. The molecule has 7 heteroatoms. The highest BCUT2D eigenvalue weighted by Crippen LogP contribution is 2.18. The van der Waals surface area contributed by atoms with Gasteiger partial charge < -0.3 is 10.1 Å². The number of aromatic nitrogens is 2. The summed E-state index contributed by atoms with van der Waals surface area (Å²) in [6, 6.07) is 15.9. The van der Waals surface area contributed by atoms with Crippen LogP contribution in [0, 0.1) is 6.92 Å². The maximum Gasteiger partial charge on any atom is 0.265 e. The van der Waals surface area contributed by atoms with E-state index >= 15 is 0 Å². The van der Waals surface area contributed by atoms with Crippen molar-refractivity contribution in [2.24, 2.45) is 0 Å². The molecule has 4 aromatic rings. The lowest BCUT2D eigenvalue weighted by molar-refractivity contribution is 0.103. The van der Waals surface area contributed by atoms with Gasteiger partial charge in [-0.25, -0.2) is 4.98 Å². The summed E-state index contributed by atoms with van der Waals surface area (Å²) in [6.07, 6.45) is 1.70. The monoisotopic (exact) mass is 391 g/mol. The van der Waals surface area contributed by atoms with Gasteiger partial charge >= 0.3 is 0 Å². The van der Waals surface area contributed by atoms with Gasteiger partial charge in [-0.2, -0.15) is 0 Å². The van der Waals surface area contributed by atoms with E-state index in [4.69, 9.17) is 4.74 Å². The Kier molecular flexibility index (Phi) is 4.90. The number of hydrogen-bond donors (Lipinski definition) is 1. The van der Waals surface area contributed by atoms with Crippen LogP contribution in [0.4, 0.5) is 5.69 Å². The van der Waals surface area contributed by atoms with Gasteiger partial charge in [-0.3, -0.25) is 14.0 Å². The number of anilines is 1. The van der Waals surface area contributed by atoms with Gasteiger partial charge in [0.25, 0.3) is 11.5 Å². The van der Waals surface area contributed by atoms with Crippen molar-refractivity contribution in [2.45, 2.75) is 13.5 Å². The molecule has 3 heterocycles. The minimum atomic E-state index is -0.140. The lowest BCUT2D eigenvalue weighted by atomic mass is 10.3. The van der Waals surface area contributed by atoms with E-state index in [1.807, 2.05) is 30.5 Å². The summed E-state index contributed by atoms with van der Waals surface area (Å²) in [5, 5.41) is 4.70. The second-order valence-electron chi connectivity index (χ2n) is 6.22. The van der Waals surface area contributed by atoms with Crippen molar-refractivity contribution >= 4 is 28.6 Å². The zero-order chi connectivity index (χ0) is 19.5. The lowest BCUT2D eigenvalue weighted by Crippen LogP contribution is -2.17. The number of nitrogens with one attached hydrogen (secondary N) is 1. The fraction of sp³-hybridized carbons (Fsp3) is 0.0952. The number of thiophene rings is 1. The first kappa shape index (κ1) is 17.9. The number of carbonyl (C=O) groups excluding carboxylic acids is 1. The molecule has 0 fully saturated rings. The molecule has 0 bridgehead atoms. The lowest BCUT2D eigenvalue weighted by Gasteiger charge is -2.09. The Morgan fingerprint density at radius 2 is 2.00 bits per heavy atom. The summed E-state index contributed by atoms with van der Waals surface area (Å²) in [7, 11) is 0. The number of amides is 1. The summed E-state index contributed by atoms with van der Waals surface area (Å²) in [6.45, 7) is 2.09. The Morgan fingerprint density at radius 1 is 1.18 bits per heavy atom. The number of benzene rings is 1. The Balaban J connectivity index is 1.44. The third kappa shape index (κ3) is 3.79. The van der Waals surface area contributed by atoms with Gasteiger partial charge in [0.1, 0.15) is 18.0 Å². The van der Waals surface area contributed by atoms with Crippen LogP contribution in [0.3, 0.4) is 0 Å². The van der Waals surface area contributed by atoms with E-state index in [2.05, 4.69) is 10.3 Å². The van der Waals surface area contributed by atoms with Crippen LogP contribution in [0.1, 0.15) is 20.9 Å². The van der Waals surface area contributed by atoms with Crippen molar-refractivity contribution in [1.29, 1.82) is 0 Å². The number of pyridine rings is 1. The molecular formula is C21H17N3O3S. The second-order valence-corrected chi connectivity index (χ2v) is 7.16. The zero-order valence-electron chi connectivity index (χ0n) is 15.1. The molecule has 1 aromatic carbocycles. The first-order valence-corrected chi connectivity index (χ1v) is 9.54. The molecule has 6 nitrogen and oxygen atoms in total. The average Bonchev–Trinajstić information content (AvgIpc) is 3.23. The van der Waals surface area contributed by atoms with Crippen LogP contribution in [0.25, 0.3) is 5.65 Å². The average molecular weight is 391 g/mol. The van der Waals surface area contributed by atoms with Crippen molar-refractivity contribution in [2.75, 3.05) is 5.32 Å². The molecule has 0 aliphatic rings. The minimum Gasteiger partial charge on any atom is -0.487 e. The molecular weight excluding hydrogens is 374 g/mol. The summed E-state index contributed by atoms with van der Waals surface area (Å²) >= 11 is 1.39. The SMILES string of the molecule is Cc1cccn2c(=O)cc(COc3ccc(NC(=O)c4cccs4)cc3)nc12. The molecule has 28 heavy (non-hydrogen) atoms. The van der Waals surface area contributed by atoms with Gasteiger partial charge in [0.15, 0.2) is 0 Å². The first-order valence-electron chi connectivity index (χ1n) is 8.66. The van der Waals surface area contributed by atoms with Crippen LogP contribution in [0.2, 0.25) is 0 Å². The van der Waals surface area contributed by atoms with Crippen LogP contribution >= 0.6 is 11.3 Å². The number of carbonyl (C=O) groups is 1. The van der Waals surface area contributed by atoms with Gasteiger partial charge in [0.2, 0.25) is 0 Å². The predicted molar refractivity (Wildman–Crippen MR) is 109 cm³/mol.